The second kappa shape index (κ2) is 12.8. The monoisotopic (exact) mass is 635 g/mol. The molecule has 3 heterocycles. The molecule has 5 atom stereocenters. The minimum atomic E-state index is -1.30. The summed E-state index contributed by atoms with van der Waals surface area (Å²) in [7, 11) is 0. The van der Waals surface area contributed by atoms with E-state index < -0.39 is 60.5 Å². The number of rotatable bonds is 7. The number of hydrogen-bond acceptors (Lipinski definition) is 11. The first-order valence-electron chi connectivity index (χ1n) is 14.6. The highest BCUT2D eigenvalue weighted by molar-refractivity contribution is 6.16. The molecule has 46 heavy (non-hydrogen) atoms. The number of carbonyl (C=O) groups is 5. The first-order valence-corrected chi connectivity index (χ1v) is 14.6. The summed E-state index contributed by atoms with van der Waals surface area (Å²) in [6.07, 6.45) is -2.44. The summed E-state index contributed by atoms with van der Waals surface area (Å²) in [5.41, 5.74) is 3.65. The summed E-state index contributed by atoms with van der Waals surface area (Å²) >= 11 is 0. The van der Waals surface area contributed by atoms with E-state index >= 15 is 0 Å². The molecule has 1 aliphatic rings. The number of esters is 5. The van der Waals surface area contributed by atoms with Crippen molar-refractivity contribution in [3.63, 3.8) is 0 Å². The van der Waals surface area contributed by atoms with Crippen molar-refractivity contribution in [1.82, 2.24) is 4.98 Å². The maximum Gasteiger partial charge on any atom is 0.308 e. The fourth-order valence-electron chi connectivity index (χ4n) is 6.08. The number of ether oxygens (including phenoxy) is 6. The largest absolute Gasteiger partial charge is 0.463 e. The van der Waals surface area contributed by atoms with Gasteiger partial charge in [0.05, 0.1) is 5.52 Å². The third-order valence-electron chi connectivity index (χ3n) is 7.83. The molecule has 0 amide bonds. The summed E-state index contributed by atoms with van der Waals surface area (Å²) in [5.74, 6) is -2.72. The maximum absolute atomic E-state index is 12.4. The number of H-pyrrole nitrogens is 1. The van der Waals surface area contributed by atoms with Gasteiger partial charge in [-0.25, -0.2) is 0 Å². The fraction of sp³-hybridized carbons (Fsp3) is 0.394. The van der Waals surface area contributed by atoms with E-state index in [9.17, 15) is 24.0 Å². The van der Waals surface area contributed by atoms with E-state index in [0.29, 0.717) is 5.75 Å². The molecule has 0 spiro atoms. The van der Waals surface area contributed by atoms with Crippen LogP contribution in [0.2, 0.25) is 0 Å². The van der Waals surface area contributed by atoms with Crippen molar-refractivity contribution < 1.29 is 57.0 Å². The molecule has 5 rings (SSSR count). The highest BCUT2D eigenvalue weighted by atomic mass is 16.7. The van der Waals surface area contributed by atoms with Crippen LogP contribution in [-0.2, 0) is 47.7 Å². The lowest BCUT2D eigenvalue weighted by Crippen LogP contribution is -2.65. The van der Waals surface area contributed by atoms with Crippen molar-refractivity contribution in [3.05, 3.63) is 47.8 Å². The van der Waals surface area contributed by atoms with Gasteiger partial charge in [-0.15, -0.1) is 0 Å². The Morgan fingerprint density at radius 1 is 0.761 bits per heavy atom. The van der Waals surface area contributed by atoms with Gasteiger partial charge in [-0.2, -0.15) is 4.57 Å². The van der Waals surface area contributed by atoms with Gasteiger partial charge in [-0.05, 0) is 48.6 Å². The zero-order valence-corrected chi connectivity index (χ0v) is 26.5. The zero-order chi connectivity index (χ0) is 33.4. The van der Waals surface area contributed by atoms with Gasteiger partial charge in [0, 0.05) is 62.4 Å². The smallest absolute Gasteiger partial charge is 0.308 e. The van der Waals surface area contributed by atoms with Crippen LogP contribution in [0.3, 0.4) is 0 Å². The van der Waals surface area contributed by atoms with E-state index in [4.69, 9.17) is 28.4 Å². The molecule has 13 nitrogen and oxygen atoms in total. The van der Waals surface area contributed by atoms with Gasteiger partial charge in [0.25, 0.3) is 0 Å². The van der Waals surface area contributed by atoms with Crippen LogP contribution in [0, 0.1) is 13.8 Å². The number of hydrogen-bond donors (Lipinski definition) is 1. The van der Waals surface area contributed by atoms with E-state index in [1.54, 1.807) is 16.8 Å². The topological polar surface area (TPSA) is 160 Å². The third kappa shape index (κ3) is 6.36. The second-order valence-corrected chi connectivity index (χ2v) is 11.2. The standard InChI is InChI=1S/C33H34N2O11/c1-15-25-13-35(11-10-23(25)16(2)29-28(15)24-12-22(42-18(4)37)8-9-26(24)34-29)33-32(45-21(7)40)31(44-20(6)39)30(43-19(5)38)27(46-33)14-41-17(3)36/h8-13,27,30-33H,14H2,1-7H3/p+1/t27-,30+,31+,32+,33+/m0/s1. The molecule has 4 aromatic rings. The van der Waals surface area contributed by atoms with Gasteiger partial charge >= 0.3 is 36.1 Å². The summed E-state index contributed by atoms with van der Waals surface area (Å²) in [6, 6.07) is 7.28. The van der Waals surface area contributed by atoms with E-state index in [0.717, 1.165) is 43.7 Å². The highest BCUT2D eigenvalue weighted by Gasteiger charge is 2.56. The molecule has 1 aliphatic heterocycles. The van der Waals surface area contributed by atoms with Crippen LogP contribution in [0.1, 0.15) is 52.0 Å². The third-order valence-corrected chi connectivity index (χ3v) is 7.83. The minimum absolute atomic E-state index is 0.332. The minimum Gasteiger partial charge on any atom is -0.463 e. The number of benzene rings is 2. The Labute approximate surface area is 263 Å². The molecule has 0 bridgehead atoms. The van der Waals surface area contributed by atoms with Gasteiger partial charge in [0.1, 0.15) is 18.5 Å². The molecule has 0 aliphatic carbocycles. The summed E-state index contributed by atoms with van der Waals surface area (Å²) in [5, 5.41) is 3.55. The number of aromatic nitrogens is 2. The molecule has 1 fully saturated rings. The number of nitrogens with one attached hydrogen (secondary N) is 1. The first-order chi connectivity index (χ1) is 21.7. The number of nitrogens with zero attached hydrogens (tertiary/aromatic N) is 1. The summed E-state index contributed by atoms with van der Waals surface area (Å²) in [4.78, 5) is 63.6. The van der Waals surface area contributed by atoms with Gasteiger partial charge in [-0.3, -0.25) is 24.0 Å². The van der Waals surface area contributed by atoms with Crippen molar-refractivity contribution in [2.45, 2.75) is 79.1 Å². The van der Waals surface area contributed by atoms with Crippen LogP contribution in [0.4, 0.5) is 0 Å². The van der Waals surface area contributed by atoms with Crippen LogP contribution in [0.5, 0.6) is 5.75 Å². The molecule has 1 N–H and O–H groups in total. The van der Waals surface area contributed by atoms with E-state index in [2.05, 4.69) is 4.98 Å². The Balaban J connectivity index is 1.69. The van der Waals surface area contributed by atoms with Gasteiger partial charge in [0.15, 0.2) is 24.6 Å². The van der Waals surface area contributed by atoms with E-state index in [1.165, 1.54) is 34.6 Å². The Bertz CT molecular complexity index is 1900. The van der Waals surface area contributed by atoms with Crippen molar-refractivity contribution in [1.29, 1.82) is 0 Å². The predicted molar refractivity (Wildman–Crippen MR) is 161 cm³/mol. The van der Waals surface area contributed by atoms with Gasteiger partial charge in [-0.1, -0.05) is 0 Å². The van der Waals surface area contributed by atoms with Crippen LogP contribution in [-0.4, -0.2) is 65.9 Å². The number of aromatic amines is 1. The Morgan fingerprint density at radius 3 is 2.04 bits per heavy atom. The second-order valence-electron chi connectivity index (χ2n) is 11.2. The normalized spacial score (nSPS) is 21.2. The number of aryl methyl sites for hydroxylation is 2. The first kappa shape index (κ1) is 32.4. The Morgan fingerprint density at radius 2 is 1.41 bits per heavy atom. The molecular weight excluding hydrogens is 600 g/mol. The number of pyridine rings is 1. The predicted octanol–water partition coefficient (Wildman–Crippen LogP) is 3.56. The van der Waals surface area contributed by atoms with E-state index in [1.807, 2.05) is 38.2 Å². The Hall–Kier alpha value is -5.04. The Kier molecular flexibility index (Phi) is 8.97. The van der Waals surface area contributed by atoms with E-state index in [-0.39, 0.29) is 6.61 Å². The molecule has 13 heteroatoms. The molecule has 0 radical (unpaired) electrons. The summed E-state index contributed by atoms with van der Waals surface area (Å²) < 4.78 is 35.4. The molecular formula is C33H35N2O11+. The average Bonchev–Trinajstić information content (AvgIpc) is 3.35. The fourth-order valence-corrected chi connectivity index (χ4v) is 6.08. The molecule has 0 saturated carbocycles. The molecule has 2 aromatic carbocycles. The van der Waals surface area contributed by atoms with Gasteiger partial charge in [0.2, 0.25) is 6.10 Å². The number of carbonyl (C=O) groups excluding carboxylic acids is 5. The van der Waals surface area contributed by atoms with Crippen LogP contribution < -0.4 is 9.30 Å². The lowest BCUT2D eigenvalue weighted by molar-refractivity contribution is -0.776. The SMILES string of the molecule is CC(=O)OC[C@@H]1O[C@@H]([n+]2ccc3c(C)c4[nH]c5ccc(OC(C)=O)cc5c4c(C)c3c2)[C@H](OC(C)=O)[C@H](OC(C)=O)[C@@H]1OC(C)=O. The average molecular weight is 636 g/mol. The number of fused-ring (bicyclic) bond motifs is 4. The van der Waals surface area contributed by atoms with Gasteiger partial charge < -0.3 is 33.4 Å². The lowest BCUT2D eigenvalue weighted by atomic mass is 9.95. The van der Waals surface area contributed by atoms with Crippen molar-refractivity contribution in [3.8, 4) is 5.75 Å². The molecule has 242 valence electrons. The lowest BCUT2D eigenvalue weighted by Gasteiger charge is -2.41. The molecule has 0 unspecified atom stereocenters. The highest BCUT2D eigenvalue weighted by Crippen LogP contribution is 2.38. The van der Waals surface area contributed by atoms with Crippen molar-refractivity contribution >= 4 is 62.4 Å². The summed E-state index contributed by atoms with van der Waals surface area (Å²) in [6.45, 7) is 9.73. The molecule has 2 aromatic heterocycles. The van der Waals surface area contributed by atoms with Crippen molar-refractivity contribution in [2.24, 2.45) is 0 Å². The van der Waals surface area contributed by atoms with Crippen LogP contribution in [0.15, 0.2) is 36.7 Å². The molecule has 1 saturated heterocycles. The van der Waals surface area contributed by atoms with Crippen LogP contribution >= 0.6 is 0 Å². The maximum atomic E-state index is 12.4. The van der Waals surface area contributed by atoms with Crippen LogP contribution in [0.25, 0.3) is 32.6 Å². The van der Waals surface area contributed by atoms with Crippen molar-refractivity contribution in [2.75, 3.05) is 6.61 Å². The quantitative estimate of drug-likeness (QED) is 0.137. The zero-order valence-electron chi connectivity index (χ0n) is 26.5.